The standard InChI is InChI=1S/C18H33N3O5S/c1-3-26-11-4-8-19-18(23)15-5-9-21(10-6-15)13-17(22)20(2)16-7-12-27(24,25)14-16/h15-16H,3-14H2,1-2H3,(H,19,23)/t16-/m0/s1. The van der Waals surface area contributed by atoms with Gasteiger partial charge in [0.05, 0.1) is 18.1 Å². The van der Waals surface area contributed by atoms with Gasteiger partial charge in [-0.3, -0.25) is 14.5 Å². The molecule has 0 radical (unpaired) electrons. The van der Waals surface area contributed by atoms with Gasteiger partial charge in [-0.05, 0) is 45.7 Å². The highest BCUT2D eigenvalue weighted by atomic mass is 32.2. The number of nitrogens with one attached hydrogen (secondary N) is 1. The second-order valence-electron chi connectivity index (χ2n) is 7.45. The molecule has 9 heteroatoms. The van der Waals surface area contributed by atoms with Crippen molar-refractivity contribution in [2.24, 2.45) is 5.92 Å². The van der Waals surface area contributed by atoms with E-state index in [1.165, 1.54) is 0 Å². The van der Waals surface area contributed by atoms with Crippen LogP contribution in [0.15, 0.2) is 0 Å². The van der Waals surface area contributed by atoms with E-state index in [-0.39, 0.29) is 41.8 Å². The van der Waals surface area contributed by atoms with Crippen LogP contribution in [0.1, 0.15) is 32.6 Å². The SMILES string of the molecule is CCOCCCNC(=O)C1CCN(CC(=O)N(C)[C@H]2CCS(=O)(=O)C2)CC1. The number of carbonyl (C=O) groups is 2. The molecule has 1 N–H and O–H groups in total. The van der Waals surface area contributed by atoms with Gasteiger partial charge in [0, 0.05) is 38.8 Å². The number of nitrogens with zero attached hydrogens (tertiary/aromatic N) is 2. The maximum atomic E-state index is 12.5. The van der Waals surface area contributed by atoms with Gasteiger partial charge in [0.15, 0.2) is 9.84 Å². The molecular formula is C18H33N3O5S. The topological polar surface area (TPSA) is 96.0 Å². The zero-order valence-electron chi connectivity index (χ0n) is 16.5. The summed E-state index contributed by atoms with van der Waals surface area (Å²) >= 11 is 0. The van der Waals surface area contributed by atoms with Gasteiger partial charge in [-0.1, -0.05) is 0 Å². The molecule has 2 saturated heterocycles. The number of hydrogen-bond donors (Lipinski definition) is 1. The molecule has 8 nitrogen and oxygen atoms in total. The summed E-state index contributed by atoms with van der Waals surface area (Å²) in [5, 5.41) is 2.96. The largest absolute Gasteiger partial charge is 0.382 e. The predicted molar refractivity (Wildman–Crippen MR) is 103 cm³/mol. The average Bonchev–Trinajstić information content (AvgIpc) is 3.01. The van der Waals surface area contributed by atoms with E-state index in [1.807, 2.05) is 6.92 Å². The van der Waals surface area contributed by atoms with E-state index in [9.17, 15) is 18.0 Å². The molecule has 0 unspecified atom stereocenters. The molecule has 0 bridgehead atoms. The van der Waals surface area contributed by atoms with Crippen molar-refractivity contribution in [3.05, 3.63) is 0 Å². The lowest BCUT2D eigenvalue weighted by molar-refractivity contribution is -0.133. The van der Waals surface area contributed by atoms with E-state index in [0.717, 1.165) is 19.3 Å². The zero-order valence-corrected chi connectivity index (χ0v) is 17.3. The number of piperidine rings is 1. The summed E-state index contributed by atoms with van der Waals surface area (Å²) in [7, 11) is -1.31. The Balaban J connectivity index is 1.66. The van der Waals surface area contributed by atoms with Gasteiger partial charge in [0.1, 0.15) is 0 Å². The minimum atomic E-state index is -3.00. The van der Waals surface area contributed by atoms with Gasteiger partial charge < -0.3 is 15.0 Å². The van der Waals surface area contributed by atoms with Crippen LogP contribution >= 0.6 is 0 Å². The second kappa shape index (κ2) is 10.4. The summed E-state index contributed by atoms with van der Waals surface area (Å²) in [5.41, 5.74) is 0. The van der Waals surface area contributed by atoms with Crippen LogP contribution in [-0.4, -0.2) is 94.0 Å². The third-order valence-corrected chi connectivity index (χ3v) is 7.19. The molecule has 156 valence electrons. The van der Waals surface area contributed by atoms with Crippen LogP contribution in [0.2, 0.25) is 0 Å². The molecule has 0 aromatic carbocycles. The summed E-state index contributed by atoms with van der Waals surface area (Å²) < 4.78 is 28.4. The van der Waals surface area contributed by atoms with Crippen LogP contribution in [0.5, 0.6) is 0 Å². The lowest BCUT2D eigenvalue weighted by Gasteiger charge is -2.33. The van der Waals surface area contributed by atoms with Crippen LogP contribution < -0.4 is 5.32 Å². The molecule has 2 aliphatic heterocycles. The zero-order chi connectivity index (χ0) is 19.9. The number of ether oxygens (including phenoxy) is 1. The predicted octanol–water partition coefficient (Wildman–Crippen LogP) is -0.113. The van der Waals surface area contributed by atoms with Crippen molar-refractivity contribution in [3.8, 4) is 0 Å². The molecular weight excluding hydrogens is 370 g/mol. The van der Waals surface area contributed by atoms with Crippen molar-refractivity contribution in [1.82, 2.24) is 15.1 Å². The van der Waals surface area contributed by atoms with Crippen molar-refractivity contribution < 1.29 is 22.7 Å². The minimum absolute atomic E-state index is 0.00107. The van der Waals surface area contributed by atoms with E-state index in [1.54, 1.807) is 11.9 Å². The molecule has 0 saturated carbocycles. The number of amides is 2. The molecule has 2 fully saturated rings. The van der Waals surface area contributed by atoms with Gasteiger partial charge >= 0.3 is 0 Å². The van der Waals surface area contributed by atoms with Crippen LogP contribution in [0.3, 0.4) is 0 Å². The van der Waals surface area contributed by atoms with Crippen LogP contribution in [0.25, 0.3) is 0 Å². The van der Waals surface area contributed by atoms with E-state index < -0.39 is 9.84 Å². The Labute approximate surface area is 162 Å². The second-order valence-corrected chi connectivity index (χ2v) is 9.68. The lowest BCUT2D eigenvalue weighted by atomic mass is 9.96. The minimum Gasteiger partial charge on any atom is -0.382 e. The maximum Gasteiger partial charge on any atom is 0.236 e. The van der Waals surface area contributed by atoms with E-state index in [0.29, 0.717) is 39.3 Å². The highest BCUT2D eigenvalue weighted by Crippen LogP contribution is 2.19. The average molecular weight is 404 g/mol. The Morgan fingerprint density at radius 2 is 1.93 bits per heavy atom. The summed E-state index contributed by atoms with van der Waals surface area (Å²) in [6.07, 6.45) is 2.82. The molecule has 0 aromatic rings. The van der Waals surface area contributed by atoms with Crippen molar-refractivity contribution in [2.45, 2.75) is 38.6 Å². The fraction of sp³-hybridized carbons (Fsp3) is 0.889. The van der Waals surface area contributed by atoms with Crippen LogP contribution in [0, 0.1) is 5.92 Å². The maximum absolute atomic E-state index is 12.5. The number of carbonyl (C=O) groups excluding carboxylic acids is 2. The summed E-state index contributed by atoms with van der Waals surface area (Å²) in [6, 6.07) is -0.206. The number of hydrogen-bond acceptors (Lipinski definition) is 6. The molecule has 2 aliphatic rings. The highest BCUT2D eigenvalue weighted by molar-refractivity contribution is 7.91. The molecule has 2 amide bonds. The first kappa shape index (κ1) is 22.1. The van der Waals surface area contributed by atoms with E-state index in [2.05, 4.69) is 10.2 Å². The first-order valence-electron chi connectivity index (χ1n) is 9.86. The molecule has 0 spiro atoms. The van der Waals surface area contributed by atoms with Gasteiger partial charge in [0.25, 0.3) is 0 Å². The molecule has 0 aromatic heterocycles. The van der Waals surface area contributed by atoms with Crippen LogP contribution in [-0.2, 0) is 24.2 Å². The Morgan fingerprint density at radius 1 is 1.22 bits per heavy atom. The smallest absolute Gasteiger partial charge is 0.236 e. The summed E-state index contributed by atoms with van der Waals surface area (Å²) in [6.45, 7) is 5.63. The Hall–Kier alpha value is -1.19. The Morgan fingerprint density at radius 3 is 2.52 bits per heavy atom. The first-order chi connectivity index (χ1) is 12.8. The van der Waals surface area contributed by atoms with Crippen molar-refractivity contribution >= 4 is 21.7 Å². The van der Waals surface area contributed by atoms with Crippen molar-refractivity contribution in [1.29, 1.82) is 0 Å². The van der Waals surface area contributed by atoms with Crippen molar-refractivity contribution in [2.75, 3.05) is 57.9 Å². The van der Waals surface area contributed by atoms with Gasteiger partial charge in [-0.15, -0.1) is 0 Å². The molecule has 2 rings (SSSR count). The molecule has 0 aliphatic carbocycles. The van der Waals surface area contributed by atoms with E-state index in [4.69, 9.17) is 4.74 Å². The lowest BCUT2D eigenvalue weighted by Crippen LogP contribution is -2.47. The fourth-order valence-corrected chi connectivity index (χ4v) is 5.39. The van der Waals surface area contributed by atoms with E-state index >= 15 is 0 Å². The molecule has 27 heavy (non-hydrogen) atoms. The van der Waals surface area contributed by atoms with Crippen LogP contribution in [0.4, 0.5) is 0 Å². The summed E-state index contributed by atoms with van der Waals surface area (Å²) in [4.78, 5) is 28.3. The number of sulfone groups is 1. The van der Waals surface area contributed by atoms with Gasteiger partial charge in [0.2, 0.25) is 11.8 Å². The number of rotatable bonds is 9. The molecule has 1 atom stereocenters. The van der Waals surface area contributed by atoms with Gasteiger partial charge in [-0.25, -0.2) is 8.42 Å². The third-order valence-electron chi connectivity index (χ3n) is 5.44. The first-order valence-corrected chi connectivity index (χ1v) is 11.7. The van der Waals surface area contributed by atoms with Gasteiger partial charge in [-0.2, -0.15) is 0 Å². The Bertz CT molecular complexity index is 602. The van der Waals surface area contributed by atoms with Crippen molar-refractivity contribution in [3.63, 3.8) is 0 Å². The monoisotopic (exact) mass is 403 g/mol. The fourth-order valence-electron chi connectivity index (χ4n) is 3.62. The quantitative estimate of drug-likeness (QED) is 0.540. The normalized spacial score (nSPS) is 23.3. The highest BCUT2D eigenvalue weighted by Gasteiger charge is 2.33. The number of likely N-dealkylation sites (N-methyl/N-ethyl adjacent to an activating group) is 1. The molecule has 2 heterocycles. The third kappa shape index (κ3) is 7.04. The Kier molecular flexibility index (Phi) is 8.50. The summed E-state index contributed by atoms with van der Waals surface area (Å²) in [5.74, 6) is 0.282. The number of likely N-dealkylation sites (tertiary alicyclic amines) is 1.